The summed E-state index contributed by atoms with van der Waals surface area (Å²) in [6.45, 7) is 3.79. The van der Waals surface area contributed by atoms with Gasteiger partial charge >= 0.3 is 0 Å². The maximum Gasteiger partial charge on any atom is 0.290 e. The summed E-state index contributed by atoms with van der Waals surface area (Å²) in [4.78, 5) is 12.3. The lowest BCUT2D eigenvalue weighted by Crippen LogP contribution is -2.52. The highest BCUT2D eigenvalue weighted by atomic mass is 35.5. The lowest BCUT2D eigenvalue weighted by Gasteiger charge is -2.42. The molecule has 1 aromatic rings. The molecule has 1 aromatic heterocycles. The van der Waals surface area contributed by atoms with Crippen molar-refractivity contribution in [3.05, 3.63) is 17.5 Å². The van der Waals surface area contributed by atoms with Gasteiger partial charge in [-0.1, -0.05) is 5.16 Å². The zero-order chi connectivity index (χ0) is 14.8. The van der Waals surface area contributed by atoms with Crippen molar-refractivity contribution < 1.29 is 14.4 Å². The molecule has 3 N–H and O–H groups in total. The van der Waals surface area contributed by atoms with Crippen LogP contribution in [0.4, 0.5) is 0 Å². The molecule has 1 saturated heterocycles. The van der Waals surface area contributed by atoms with E-state index in [1.807, 2.05) is 0 Å². The minimum atomic E-state index is -0.205. The van der Waals surface area contributed by atoms with Crippen molar-refractivity contribution in [3.8, 4) is 0 Å². The van der Waals surface area contributed by atoms with Crippen molar-refractivity contribution >= 4 is 18.3 Å². The molecule has 1 aliphatic heterocycles. The molecule has 1 amide bonds. The molecule has 124 valence electrons. The Balaban J connectivity index is 0.00000176. The standard InChI is InChI=1S/C15H23N3O3.ClH/c1-9-6-13(21-18-9)15(20)17-14(11-7-12(19)8-11)10-2-4-16-5-3-10;/h6,10-12,14,16,19H,2-5,7-8H2,1H3,(H,17,20);1H. The highest BCUT2D eigenvalue weighted by molar-refractivity contribution is 5.91. The van der Waals surface area contributed by atoms with Crippen LogP contribution in [0.15, 0.2) is 10.6 Å². The summed E-state index contributed by atoms with van der Waals surface area (Å²) in [5.74, 6) is 0.916. The van der Waals surface area contributed by atoms with Gasteiger partial charge in [-0.2, -0.15) is 0 Å². The van der Waals surface area contributed by atoms with E-state index in [4.69, 9.17) is 4.52 Å². The lowest BCUT2D eigenvalue weighted by atomic mass is 9.71. The van der Waals surface area contributed by atoms with E-state index in [1.54, 1.807) is 13.0 Å². The average Bonchev–Trinajstić information content (AvgIpc) is 2.89. The van der Waals surface area contributed by atoms with Crippen molar-refractivity contribution in [3.63, 3.8) is 0 Å². The molecular formula is C15H24ClN3O3. The molecule has 0 aromatic carbocycles. The van der Waals surface area contributed by atoms with Crippen LogP contribution < -0.4 is 10.6 Å². The number of nitrogens with zero attached hydrogens (tertiary/aromatic N) is 1. The van der Waals surface area contributed by atoms with Gasteiger partial charge in [-0.05, 0) is 57.5 Å². The van der Waals surface area contributed by atoms with Crippen LogP contribution in [0.25, 0.3) is 0 Å². The molecule has 2 fully saturated rings. The minimum absolute atomic E-state index is 0. The Labute approximate surface area is 136 Å². The van der Waals surface area contributed by atoms with E-state index < -0.39 is 0 Å². The van der Waals surface area contributed by atoms with Gasteiger partial charge in [-0.15, -0.1) is 12.4 Å². The fourth-order valence-electron chi connectivity index (χ4n) is 3.44. The second-order valence-corrected chi connectivity index (χ2v) is 6.30. The van der Waals surface area contributed by atoms with E-state index in [-0.39, 0.29) is 36.2 Å². The Morgan fingerprint density at radius 3 is 2.64 bits per heavy atom. The van der Waals surface area contributed by atoms with Crippen LogP contribution in [0.5, 0.6) is 0 Å². The number of carbonyl (C=O) groups is 1. The van der Waals surface area contributed by atoms with Gasteiger partial charge in [-0.25, -0.2) is 0 Å². The molecule has 22 heavy (non-hydrogen) atoms. The van der Waals surface area contributed by atoms with Crippen molar-refractivity contribution in [1.29, 1.82) is 0 Å². The van der Waals surface area contributed by atoms with Crippen molar-refractivity contribution in [2.45, 2.75) is 44.8 Å². The molecule has 2 heterocycles. The topological polar surface area (TPSA) is 87.4 Å². The number of carbonyl (C=O) groups excluding carboxylic acids is 1. The molecule has 1 aliphatic carbocycles. The number of aryl methyl sites for hydroxylation is 1. The van der Waals surface area contributed by atoms with Gasteiger partial charge in [-0.3, -0.25) is 4.79 Å². The van der Waals surface area contributed by atoms with Gasteiger partial charge in [0.2, 0.25) is 5.76 Å². The minimum Gasteiger partial charge on any atom is -0.393 e. The molecule has 0 radical (unpaired) electrons. The maximum absolute atomic E-state index is 12.3. The summed E-state index contributed by atoms with van der Waals surface area (Å²) < 4.78 is 5.04. The summed E-state index contributed by atoms with van der Waals surface area (Å²) in [5.41, 5.74) is 0.706. The van der Waals surface area contributed by atoms with Gasteiger partial charge in [0.1, 0.15) is 0 Å². The van der Waals surface area contributed by atoms with Gasteiger partial charge in [0.25, 0.3) is 5.91 Å². The van der Waals surface area contributed by atoms with E-state index in [1.165, 1.54) is 0 Å². The monoisotopic (exact) mass is 329 g/mol. The first-order chi connectivity index (χ1) is 10.1. The molecule has 1 saturated carbocycles. The van der Waals surface area contributed by atoms with Crippen molar-refractivity contribution in [2.24, 2.45) is 11.8 Å². The number of aromatic nitrogens is 1. The second kappa shape index (κ2) is 7.44. The first-order valence-corrected chi connectivity index (χ1v) is 7.76. The largest absolute Gasteiger partial charge is 0.393 e. The van der Waals surface area contributed by atoms with Crippen LogP contribution in [0.1, 0.15) is 41.9 Å². The fourth-order valence-corrected chi connectivity index (χ4v) is 3.44. The predicted octanol–water partition coefficient (Wildman–Crippen LogP) is 1.27. The average molecular weight is 330 g/mol. The highest BCUT2D eigenvalue weighted by Crippen LogP contribution is 2.35. The Morgan fingerprint density at radius 2 is 2.09 bits per heavy atom. The molecule has 0 bridgehead atoms. The highest BCUT2D eigenvalue weighted by Gasteiger charge is 2.39. The fraction of sp³-hybridized carbons (Fsp3) is 0.733. The molecule has 6 nitrogen and oxygen atoms in total. The van der Waals surface area contributed by atoms with Crippen LogP contribution in [-0.2, 0) is 0 Å². The number of halogens is 1. The third-order valence-electron chi connectivity index (χ3n) is 4.70. The zero-order valence-corrected chi connectivity index (χ0v) is 13.6. The molecule has 7 heteroatoms. The van der Waals surface area contributed by atoms with Crippen molar-refractivity contribution in [1.82, 2.24) is 15.8 Å². The number of aliphatic hydroxyl groups excluding tert-OH is 1. The SMILES string of the molecule is Cc1cc(C(=O)NC(C2CCNCC2)C2CC(O)C2)on1.Cl. The van der Waals surface area contributed by atoms with Crippen LogP contribution in [0.2, 0.25) is 0 Å². The number of nitrogens with one attached hydrogen (secondary N) is 2. The van der Waals surface area contributed by atoms with Gasteiger partial charge < -0.3 is 20.3 Å². The molecule has 1 unspecified atom stereocenters. The number of hydrogen-bond acceptors (Lipinski definition) is 5. The van der Waals surface area contributed by atoms with Crippen LogP contribution in [-0.4, -0.2) is 41.4 Å². The van der Waals surface area contributed by atoms with Crippen LogP contribution in [0.3, 0.4) is 0 Å². The van der Waals surface area contributed by atoms with E-state index in [0.717, 1.165) is 38.8 Å². The third kappa shape index (κ3) is 3.80. The second-order valence-electron chi connectivity index (χ2n) is 6.30. The first-order valence-electron chi connectivity index (χ1n) is 7.76. The molecular weight excluding hydrogens is 306 g/mol. The lowest BCUT2D eigenvalue weighted by molar-refractivity contribution is 0.00881. The Kier molecular flexibility index (Phi) is 5.83. The number of piperidine rings is 1. The van der Waals surface area contributed by atoms with E-state index in [2.05, 4.69) is 15.8 Å². The molecule has 3 rings (SSSR count). The number of rotatable bonds is 4. The van der Waals surface area contributed by atoms with E-state index >= 15 is 0 Å². The number of hydrogen-bond donors (Lipinski definition) is 3. The Bertz CT molecular complexity index is 496. The van der Waals surface area contributed by atoms with Crippen LogP contribution >= 0.6 is 12.4 Å². The zero-order valence-electron chi connectivity index (χ0n) is 12.7. The summed E-state index contributed by atoms with van der Waals surface area (Å²) >= 11 is 0. The van der Waals surface area contributed by atoms with E-state index in [0.29, 0.717) is 17.5 Å². The first kappa shape index (κ1) is 17.2. The Hall–Kier alpha value is -1.11. The van der Waals surface area contributed by atoms with Crippen molar-refractivity contribution in [2.75, 3.05) is 13.1 Å². The smallest absolute Gasteiger partial charge is 0.290 e. The number of aliphatic hydroxyl groups is 1. The third-order valence-corrected chi connectivity index (χ3v) is 4.70. The summed E-state index contributed by atoms with van der Waals surface area (Å²) in [6, 6.07) is 1.78. The quantitative estimate of drug-likeness (QED) is 0.774. The summed E-state index contributed by atoms with van der Waals surface area (Å²) in [6.07, 6.45) is 3.48. The normalized spacial score (nSPS) is 26.6. The van der Waals surface area contributed by atoms with E-state index in [9.17, 15) is 9.90 Å². The van der Waals surface area contributed by atoms with Gasteiger partial charge in [0, 0.05) is 12.1 Å². The molecule has 0 spiro atoms. The van der Waals surface area contributed by atoms with Gasteiger partial charge in [0.15, 0.2) is 0 Å². The summed E-state index contributed by atoms with van der Waals surface area (Å²) in [7, 11) is 0. The maximum atomic E-state index is 12.3. The van der Waals surface area contributed by atoms with Gasteiger partial charge in [0.05, 0.1) is 11.8 Å². The predicted molar refractivity (Wildman–Crippen MR) is 84.1 cm³/mol. The van der Waals surface area contributed by atoms with Crippen LogP contribution in [0, 0.1) is 18.8 Å². The Morgan fingerprint density at radius 1 is 1.41 bits per heavy atom. The summed E-state index contributed by atoms with van der Waals surface area (Å²) in [5, 5.41) is 19.8. The number of amides is 1. The molecule has 2 aliphatic rings. The molecule has 1 atom stereocenters.